The summed E-state index contributed by atoms with van der Waals surface area (Å²) >= 11 is 0. The van der Waals surface area contributed by atoms with Crippen molar-refractivity contribution in [2.24, 2.45) is 5.92 Å². The minimum Gasteiger partial charge on any atom is -0.391 e. The van der Waals surface area contributed by atoms with Crippen molar-refractivity contribution < 1.29 is 9.84 Å². The van der Waals surface area contributed by atoms with Crippen LogP contribution in [0.5, 0.6) is 0 Å². The number of aliphatic hydroxyl groups is 1. The van der Waals surface area contributed by atoms with Gasteiger partial charge in [0.2, 0.25) is 0 Å². The van der Waals surface area contributed by atoms with Crippen LogP contribution in [-0.2, 0) is 4.74 Å². The number of hydrogen-bond acceptors (Lipinski definition) is 4. The van der Waals surface area contributed by atoms with Crippen molar-refractivity contribution in [3.8, 4) is 0 Å². The largest absolute Gasteiger partial charge is 0.391 e. The molecule has 1 aromatic carbocycles. The highest BCUT2D eigenvalue weighted by Crippen LogP contribution is 2.26. The number of nitrogens with zero attached hydrogens (tertiary/aromatic N) is 2. The van der Waals surface area contributed by atoms with Gasteiger partial charge in [-0.1, -0.05) is 30.3 Å². The minimum atomic E-state index is -0.276. The van der Waals surface area contributed by atoms with Gasteiger partial charge in [-0.05, 0) is 19.0 Å². The lowest BCUT2D eigenvalue weighted by atomic mass is 9.98. The molecular weight excluding hydrogens is 264 g/mol. The van der Waals surface area contributed by atoms with Crippen LogP contribution in [0.4, 0.5) is 0 Å². The fourth-order valence-corrected chi connectivity index (χ4v) is 3.41. The highest BCUT2D eigenvalue weighted by atomic mass is 16.5. The van der Waals surface area contributed by atoms with E-state index in [1.807, 2.05) is 0 Å². The first-order valence-corrected chi connectivity index (χ1v) is 7.97. The summed E-state index contributed by atoms with van der Waals surface area (Å²) in [6.07, 6.45) is 0.715. The van der Waals surface area contributed by atoms with Crippen LogP contribution >= 0.6 is 0 Å². The molecule has 2 fully saturated rings. The van der Waals surface area contributed by atoms with Gasteiger partial charge in [-0.2, -0.15) is 0 Å². The van der Waals surface area contributed by atoms with Crippen molar-refractivity contribution in [3.63, 3.8) is 0 Å². The zero-order valence-electron chi connectivity index (χ0n) is 12.8. The Morgan fingerprint density at radius 1 is 1.29 bits per heavy atom. The molecule has 0 bridgehead atoms. The molecule has 2 heterocycles. The second-order valence-electron chi connectivity index (χ2n) is 6.37. The smallest absolute Gasteiger partial charge is 0.0718 e. The summed E-state index contributed by atoms with van der Waals surface area (Å²) in [4.78, 5) is 4.82. The number of piperazine rings is 1. The second-order valence-corrected chi connectivity index (χ2v) is 6.37. The SMILES string of the molecule is CN1CCN(CC(O)C2CCOC2)C(c2ccccc2)C1. The maximum absolute atomic E-state index is 10.5. The van der Waals surface area contributed by atoms with Gasteiger partial charge in [0.15, 0.2) is 0 Å². The van der Waals surface area contributed by atoms with Gasteiger partial charge in [0.25, 0.3) is 0 Å². The lowest BCUT2D eigenvalue weighted by molar-refractivity contribution is 0.0137. The first-order chi connectivity index (χ1) is 10.2. The molecule has 1 aromatic rings. The third kappa shape index (κ3) is 3.64. The fourth-order valence-electron chi connectivity index (χ4n) is 3.41. The summed E-state index contributed by atoms with van der Waals surface area (Å²) < 4.78 is 5.41. The normalized spacial score (nSPS) is 29.6. The monoisotopic (exact) mass is 290 g/mol. The van der Waals surface area contributed by atoms with Crippen LogP contribution in [0.25, 0.3) is 0 Å². The number of ether oxygens (including phenoxy) is 1. The van der Waals surface area contributed by atoms with Crippen LogP contribution in [-0.4, -0.2) is 67.5 Å². The first kappa shape index (κ1) is 15.0. The second kappa shape index (κ2) is 6.88. The van der Waals surface area contributed by atoms with Crippen molar-refractivity contribution in [2.45, 2.75) is 18.6 Å². The molecule has 116 valence electrons. The molecule has 0 aromatic heterocycles. The van der Waals surface area contributed by atoms with Crippen molar-refractivity contribution >= 4 is 0 Å². The molecule has 2 aliphatic heterocycles. The average molecular weight is 290 g/mol. The highest BCUT2D eigenvalue weighted by Gasteiger charge is 2.31. The molecule has 0 spiro atoms. The van der Waals surface area contributed by atoms with E-state index in [4.69, 9.17) is 4.74 Å². The average Bonchev–Trinajstić information content (AvgIpc) is 3.04. The standard InChI is InChI=1S/C17H26N2O2/c1-18-8-9-19(12-17(20)15-7-10-21-13-15)16(11-18)14-5-3-2-4-6-14/h2-6,15-17,20H,7-13H2,1H3. The molecule has 0 saturated carbocycles. The molecule has 2 saturated heterocycles. The molecule has 3 unspecified atom stereocenters. The Balaban J connectivity index is 1.69. The van der Waals surface area contributed by atoms with Crippen molar-refractivity contribution in [3.05, 3.63) is 35.9 Å². The number of aliphatic hydroxyl groups excluding tert-OH is 1. The van der Waals surface area contributed by atoms with Gasteiger partial charge >= 0.3 is 0 Å². The van der Waals surface area contributed by atoms with E-state index in [0.717, 1.165) is 39.2 Å². The Morgan fingerprint density at radius 3 is 2.81 bits per heavy atom. The van der Waals surface area contributed by atoms with Gasteiger partial charge in [0.1, 0.15) is 0 Å². The van der Waals surface area contributed by atoms with E-state index >= 15 is 0 Å². The van der Waals surface area contributed by atoms with E-state index in [9.17, 15) is 5.11 Å². The number of β-amino-alcohol motifs (C(OH)–C–C–N with tert-alkyl or cyclic N) is 1. The number of benzene rings is 1. The quantitative estimate of drug-likeness (QED) is 0.908. The summed E-state index contributed by atoms with van der Waals surface area (Å²) in [6, 6.07) is 11.0. The molecule has 4 nitrogen and oxygen atoms in total. The molecular formula is C17H26N2O2. The van der Waals surface area contributed by atoms with Crippen LogP contribution in [0.15, 0.2) is 30.3 Å². The van der Waals surface area contributed by atoms with E-state index in [1.54, 1.807) is 0 Å². The third-order valence-electron chi connectivity index (χ3n) is 4.81. The Hall–Kier alpha value is -0.940. The van der Waals surface area contributed by atoms with Gasteiger partial charge in [0, 0.05) is 44.7 Å². The number of hydrogen-bond donors (Lipinski definition) is 1. The highest BCUT2D eigenvalue weighted by molar-refractivity contribution is 5.20. The van der Waals surface area contributed by atoms with Gasteiger partial charge in [0.05, 0.1) is 12.7 Å². The summed E-state index contributed by atoms with van der Waals surface area (Å²) in [5, 5.41) is 10.5. The van der Waals surface area contributed by atoms with Crippen molar-refractivity contribution in [1.29, 1.82) is 0 Å². The Labute approximate surface area is 127 Å². The fraction of sp³-hybridized carbons (Fsp3) is 0.647. The van der Waals surface area contributed by atoms with E-state index < -0.39 is 0 Å². The van der Waals surface area contributed by atoms with Crippen LogP contribution < -0.4 is 0 Å². The molecule has 3 atom stereocenters. The summed E-state index contributed by atoms with van der Waals surface area (Å²) in [5.41, 5.74) is 1.35. The molecule has 4 heteroatoms. The Morgan fingerprint density at radius 2 is 2.10 bits per heavy atom. The molecule has 0 radical (unpaired) electrons. The number of likely N-dealkylation sites (N-methyl/N-ethyl adjacent to an activating group) is 1. The van der Waals surface area contributed by atoms with E-state index in [0.29, 0.717) is 18.6 Å². The molecule has 0 aliphatic carbocycles. The lowest BCUT2D eigenvalue weighted by Gasteiger charge is -2.41. The molecule has 1 N–H and O–H groups in total. The van der Waals surface area contributed by atoms with E-state index in [1.165, 1.54) is 5.56 Å². The van der Waals surface area contributed by atoms with Gasteiger partial charge in [-0.15, -0.1) is 0 Å². The maximum Gasteiger partial charge on any atom is 0.0718 e. The summed E-state index contributed by atoms with van der Waals surface area (Å²) in [6.45, 7) is 5.37. The number of rotatable bonds is 4. The zero-order chi connectivity index (χ0) is 14.7. The maximum atomic E-state index is 10.5. The predicted octanol–water partition coefficient (Wildman–Crippen LogP) is 1.37. The Kier molecular flexibility index (Phi) is 4.91. The van der Waals surface area contributed by atoms with Gasteiger partial charge in [-0.25, -0.2) is 0 Å². The topological polar surface area (TPSA) is 35.9 Å². The van der Waals surface area contributed by atoms with Crippen LogP contribution in [0.3, 0.4) is 0 Å². The third-order valence-corrected chi connectivity index (χ3v) is 4.81. The van der Waals surface area contributed by atoms with E-state index in [2.05, 4.69) is 47.2 Å². The first-order valence-electron chi connectivity index (χ1n) is 7.97. The lowest BCUT2D eigenvalue weighted by Crippen LogP contribution is -2.50. The predicted molar refractivity (Wildman–Crippen MR) is 83.2 cm³/mol. The molecule has 2 aliphatic rings. The van der Waals surface area contributed by atoms with Gasteiger partial charge < -0.3 is 14.7 Å². The molecule has 21 heavy (non-hydrogen) atoms. The molecule has 3 rings (SSSR count). The summed E-state index contributed by atoms with van der Waals surface area (Å²) in [5.74, 6) is 0.307. The molecule has 0 amide bonds. The van der Waals surface area contributed by atoms with E-state index in [-0.39, 0.29) is 6.10 Å². The van der Waals surface area contributed by atoms with Crippen LogP contribution in [0.2, 0.25) is 0 Å². The van der Waals surface area contributed by atoms with Crippen LogP contribution in [0, 0.1) is 5.92 Å². The van der Waals surface area contributed by atoms with Gasteiger partial charge in [-0.3, -0.25) is 4.90 Å². The Bertz CT molecular complexity index is 434. The summed E-state index contributed by atoms with van der Waals surface area (Å²) in [7, 11) is 2.18. The zero-order valence-corrected chi connectivity index (χ0v) is 12.8. The minimum absolute atomic E-state index is 0.276. The van der Waals surface area contributed by atoms with Crippen molar-refractivity contribution in [1.82, 2.24) is 9.80 Å². The van der Waals surface area contributed by atoms with Crippen molar-refractivity contribution in [2.75, 3.05) is 46.4 Å². The van der Waals surface area contributed by atoms with Crippen LogP contribution in [0.1, 0.15) is 18.0 Å².